The van der Waals surface area contributed by atoms with Crippen LogP contribution in [-0.4, -0.2) is 35.5 Å². The van der Waals surface area contributed by atoms with Crippen LogP contribution >= 0.6 is 0 Å². The van der Waals surface area contributed by atoms with Crippen LogP contribution in [0.4, 0.5) is 0 Å². The largest absolute Gasteiger partial charge is 0.330 e. The molecule has 0 saturated heterocycles. The lowest BCUT2D eigenvalue weighted by molar-refractivity contribution is 0.385. The summed E-state index contributed by atoms with van der Waals surface area (Å²) in [6, 6.07) is 3.68. The van der Waals surface area contributed by atoms with Crippen LogP contribution < -0.4 is 5.73 Å². The lowest BCUT2D eigenvalue weighted by Gasteiger charge is -2.29. The molecule has 0 bridgehead atoms. The van der Waals surface area contributed by atoms with Gasteiger partial charge in [0, 0.05) is 25.5 Å². The maximum Gasteiger partial charge on any atom is 0.219 e. The Bertz CT molecular complexity index is 480. The Labute approximate surface area is 115 Å². The van der Waals surface area contributed by atoms with Crippen molar-refractivity contribution in [2.24, 2.45) is 5.73 Å². The van der Waals surface area contributed by atoms with Gasteiger partial charge in [0.15, 0.2) is 0 Å². The van der Waals surface area contributed by atoms with Crippen LogP contribution in [-0.2, 0) is 16.6 Å². The highest BCUT2D eigenvalue weighted by molar-refractivity contribution is 7.90. The SMILES string of the molecule is CC(C)(C)S(=O)(=O)N(CCCN)Cc1cccnc1. The molecule has 0 saturated carbocycles. The van der Waals surface area contributed by atoms with Crippen molar-refractivity contribution in [3.8, 4) is 0 Å². The monoisotopic (exact) mass is 285 g/mol. The summed E-state index contributed by atoms with van der Waals surface area (Å²) in [4.78, 5) is 4.02. The maximum atomic E-state index is 12.5. The second kappa shape index (κ2) is 6.45. The second-order valence-corrected chi connectivity index (χ2v) is 8.15. The molecule has 2 N–H and O–H groups in total. The molecule has 0 aliphatic carbocycles. The van der Waals surface area contributed by atoms with E-state index in [9.17, 15) is 8.42 Å². The minimum absolute atomic E-state index is 0.341. The van der Waals surface area contributed by atoms with Crippen molar-refractivity contribution in [1.29, 1.82) is 0 Å². The van der Waals surface area contributed by atoms with Crippen molar-refractivity contribution in [2.75, 3.05) is 13.1 Å². The van der Waals surface area contributed by atoms with Crippen LogP contribution in [0.15, 0.2) is 24.5 Å². The first-order chi connectivity index (χ1) is 8.79. The van der Waals surface area contributed by atoms with E-state index in [0.717, 1.165) is 5.56 Å². The maximum absolute atomic E-state index is 12.5. The molecule has 0 amide bonds. The van der Waals surface area contributed by atoms with E-state index in [1.54, 1.807) is 39.2 Å². The van der Waals surface area contributed by atoms with Gasteiger partial charge in [-0.3, -0.25) is 4.98 Å². The van der Waals surface area contributed by atoms with Gasteiger partial charge in [-0.1, -0.05) is 6.07 Å². The van der Waals surface area contributed by atoms with E-state index in [0.29, 0.717) is 26.1 Å². The number of hydrogen-bond acceptors (Lipinski definition) is 4. The topological polar surface area (TPSA) is 76.3 Å². The highest BCUT2D eigenvalue weighted by atomic mass is 32.2. The van der Waals surface area contributed by atoms with Gasteiger partial charge < -0.3 is 5.73 Å². The fourth-order valence-electron chi connectivity index (χ4n) is 1.63. The van der Waals surface area contributed by atoms with E-state index in [1.807, 2.05) is 6.07 Å². The van der Waals surface area contributed by atoms with Crippen molar-refractivity contribution in [2.45, 2.75) is 38.5 Å². The summed E-state index contributed by atoms with van der Waals surface area (Å²) < 4.78 is 25.7. The number of pyridine rings is 1. The molecule has 0 unspecified atom stereocenters. The van der Waals surface area contributed by atoms with Crippen LogP contribution in [0.1, 0.15) is 32.8 Å². The summed E-state index contributed by atoms with van der Waals surface area (Å²) in [5.41, 5.74) is 6.37. The highest BCUT2D eigenvalue weighted by Crippen LogP contribution is 2.22. The Morgan fingerprint density at radius 1 is 1.37 bits per heavy atom. The van der Waals surface area contributed by atoms with Gasteiger partial charge in [-0.25, -0.2) is 8.42 Å². The molecule has 108 valence electrons. The Morgan fingerprint density at radius 3 is 2.53 bits per heavy atom. The van der Waals surface area contributed by atoms with Crippen molar-refractivity contribution < 1.29 is 8.42 Å². The summed E-state index contributed by atoms with van der Waals surface area (Å²) in [5, 5.41) is 0. The van der Waals surface area contributed by atoms with Crippen molar-refractivity contribution in [3.63, 3.8) is 0 Å². The first-order valence-corrected chi connectivity index (χ1v) is 7.81. The number of rotatable bonds is 6. The number of hydrogen-bond donors (Lipinski definition) is 1. The van der Waals surface area contributed by atoms with Crippen LogP contribution in [0.5, 0.6) is 0 Å². The van der Waals surface area contributed by atoms with E-state index in [2.05, 4.69) is 4.98 Å². The fraction of sp³-hybridized carbons (Fsp3) is 0.615. The first-order valence-electron chi connectivity index (χ1n) is 6.37. The standard InChI is InChI=1S/C13H23N3O2S/c1-13(2,3)19(17,18)16(9-5-7-14)11-12-6-4-8-15-10-12/h4,6,8,10H,5,7,9,11,14H2,1-3H3. The molecule has 0 aliphatic heterocycles. The first kappa shape index (κ1) is 16.1. The number of aromatic nitrogens is 1. The van der Waals surface area contributed by atoms with Crippen LogP contribution in [0.2, 0.25) is 0 Å². The zero-order valence-electron chi connectivity index (χ0n) is 11.8. The van der Waals surface area contributed by atoms with Crippen LogP contribution in [0, 0.1) is 0 Å². The number of nitrogens with two attached hydrogens (primary N) is 1. The molecule has 1 aromatic heterocycles. The minimum atomic E-state index is -3.36. The summed E-state index contributed by atoms with van der Waals surface area (Å²) >= 11 is 0. The van der Waals surface area contributed by atoms with E-state index < -0.39 is 14.8 Å². The van der Waals surface area contributed by atoms with Gasteiger partial charge >= 0.3 is 0 Å². The Morgan fingerprint density at radius 2 is 2.05 bits per heavy atom. The number of sulfonamides is 1. The van der Waals surface area contributed by atoms with Gasteiger partial charge in [-0.05, 0) is 45.4 Å². The third kappa shape index (κ3) is 4.26. The molecule has 1 aromatic rings. The van der Waals surface area contributed by atoms with Gasteiger partial charge in [-0.15, -0.1) is 0 Å². The van der Waals surface area contributed by atoms with Gasteiger partial charge in [0.25, 0.3) is 0 Å². The molecular weight excluding hydrogens is 262 g/mol. The van der Waals surface area contributed by atoms with Gasteiger partial charge in [0.1, 0.15) is 0 Å². The molecule has 0 aliphatic rings. The highest BCUT2D eigenvalue weighted by Gasteiger charge is 2.34. The van der Waals surface area contributed by atoms with E-state index in [-0.39, 0.29) is 0 Å². The van der Waals surface area contributed by atoms with Crippen molar-refractivity contribution >= 4 is 10.0 Å². The van der Waals surface area contributed by atoms with Gasteiger partial charge in [0.05, 0.1) is 4.75 Å². The zero-order valence-corrected chi connectivity index (χ0v) is 12.7. The molecule has 0 aromatic carbocycles. The predicted molar refractivity (Wildman–Crippen MR) is 77.0 cm³/mol. The van der Waals surface area contributed by atoms with Crippen molar-refractivity contribution in [1.82, 2.24) is 9.29 Å². The Hall–Kier alpha value is -0.980. The molecule has 6 heteroatoms. The third-order valence-corrected chi connectivity index (χ3v) is 5.35. The molecule has 5 nitrogen and oxygen atoms in total. The van der Waals surface area contributed by atoms with Crippen LogP contribution in [0.25, 0.3) is 0 Å². The predicted octanol–water partition coefficient (Wildman–Crippen LogP) is 1.36. The van der Waals surface area contributed by atoms with Gasteiger partial charge in [-0.2, -0.15) is 4.31 Å². The van der Waals surface area contributed by atoms with E-state index in [1.165, 1.54) is 4.31 Å². The molecule has 19 heavy (non-hydrogen) atoms. The van der Waals surface area contributed by atoms with E-state index in [4.69, 9.17) is 5.73 Å². The summed E-state index contributed by atoms with van der Waals surface area (Å²) in [5.74, 6) is 0. The molecule has 0 radical (unpaired) electrons. The minimum Gasteiger partial charge on any atom is -0.330 e. The van der Waals surface area contributed by atoms with Crippen molar-refractivity contribution in [3.05, 3.63) is 30.1 Å². The smallest absolute Gasteiger partial charge is 0.219 e. The zero-order chi connectivity index (χ0) is 14.5. The second-order valence-electron chi connectivity index (χ2n) is 5.45. The normalized spacial score (nSPS) is 12.9. The molecule has 1 rings (SSSR count). The summed E-state index contributed by atoms with van der Waals surface area (Å²) in [6.07, 6.45) is 4.01. The summed E-state index contributed by atoms with van der Waals surface area (Å²) in [6.45, 7) is 6.38. The summed E-state index contributed by atoms with van der Waals surface area (Å²) in [7, 11) is -3.36. The molecular formula is C13H23N3O2S. The fourth-order valence-corrected chi connectivity index (χ4v) is 3.10. The van der Waals surface area contributed by atoms with Gasteiger partial charge in [0.2, 0.25) is 10.0 Å². The average Bonchev–Trinajstić information content (AvgIpc) is 2.34. The Balaban J connectivity index is 2.96. The quantitative estimate of drug-likeness (QED) is 0.856. The molecule has 0 spiro atoms. The number of nitrogens with zero attached hydrogens (tertiary/aromatic N) is 2. The average molecular weight is 285 g/mol. The Kier molecular flexibility index (Phi) is 5.46. The van der Waals surface area contributed by atoms with E-state index >= 15 is 0 Å². The molecule has 0 fully saturated rings. The third-order valence-electron chi connectivity index (χ3n) is 2.81. The van der Waals surface area contributed by atoms with Crippen LogP contribution in [0.3, 0.4) is 0 Å². The lowest BCUT2D eigenvalue weighted by Crippen LogP contribution is -2.43. The lowest BCUT2D eigenvalue weighted by atomic mass is 10.3. The molecule has 1 heterocycles. The molecule has 0 atom stereocenters.